The molecule has 3 rings (SSSR count). The number of likely N-dealkylation sites (tertiary alicyclic amines) is 1. The maximum absolute atomic E-state index is 4.09. The first-order valence-electron chi connectivity index (χ1n) is 7.56. The Kier molecular flexibility index (Phi) is 4.16. The van der Waals surface area contributed by atoms with Gasteiger partial charge in [-0.05, 0) is 62.1 Å². The monoisotopic (exact) mass is 269 g/mol. The van der Waals surface area contributed by atoms with E-state index in [2.05, 4.69) is 52.0 Å². The SMILES string of the molecule is Cn1cccc1CN1CCC[C@H]1CCc1ccncc1. The van der Waals surface area contributed by atoms with Crippen LogP contribution in [0, 0.1) is 0 Å². The van der Waals surface area contributed by atoms with E-state index in [0.717, 1.165) is 19.0 Å². The van der Waals surface area contributed by atoms with Crippen molar-refractivity contribution in [2.45, 2.75) is 38.3 Å². The summed E-state index contributed by atoms with van der Waals surface area (Å²) in [6, 6.07) is 9.38. The quantitative estimate of drug-likeness (QED) is 0.832. The number of hydrogen-bond acceptors (Lipinski definition) is 2. The van der Waals surface area contributed by atoms with Crippen molar-refractivity contribution < 1.29 is 0 Å². The Balaban J connectivity index is 1.57. The molecule has 0 spiro atoms. The van der Waals surface area contributed by atoms with E-state index in [4.69, 9.17) is 0 Å². The molecule has 0 radical (unpaired) electrons. The molecule has 3 heterocycles. The molecule has 2 aromatic rings. The van der Waals surface area contributed by atoms with E-state index in [-0.39, 0.29) is 0 Å². The highest BCUT2D eigenvalue weighted by Crippen LogP contribution is 2.23. The van der Waals surface area contributed by atoms with Gasteiger partial charge in [0.1, 0.15) is 0 Å². The minimum absolute atomic E-state index is 0.734. The van der Waals surface area contributed by atoms with E-state index >= 15 is 0 Å². The summed E-state index contributed by atoms with van der Waals surface area (Å²) in [4.78, 5) is 6.74. The number of hydrogen-bond donors (Lipinski definition) is 0. The minimum Gasteiger partial charge on any atom is -0.353 e. The van der Waals surface area contributed by atoms with Crippen molar-refractivity contribution in [1.29, 1.82) is 0 Å². The largest absolute Gasteiger partial charge is 0.353 e. The van der Waals surface area contributed by atoms with Crippen molar-refractivity contribution in [3.8, 4) is 0 Å². The van der Waals surface area contributed by atoms with Crippen molar-refractivity contribution in [1.82, 2.24) is 14.5 Å². The fourth-order valence-electron chi connectivity index (χ4n) is 3.18. The van der Waals surface area contributed by atoms with Gasteiger partial charge < -0.3 is 4.57 Å². The summed E-state index contributed by atoms with van der Waals surface area (Å²) < 4.78 is 2.23. The van der Waals surface area contributed by atoms with E-state index < -0.39 is 0 Å². The molecule has 1 atom stereocenters. The van der Waals surface area contributed by atoms with Gasteiger partial charge in [-0.1, -0.05) is 0 Å². The van der Waals surface area contributed by atoms with Crippen molar-refractivity contribution in [2.24, 2.45) is 7.05 Å². The summed E-state index contributed by atoms with van der Waals surface area (Å²) in [5.74, 6) is 0. The lowest BCUT2D eigenvalue weighted by molar-refractivity contribution is 0.230. The van der Waals surface area contributed by atoms with Gasteiger partial charge in [0.15, 0.2) is 0 Å². The number of rotatable bonds is 5. The van der Waals surface area contributed by atoms with Crippen LogP contribution in [-0.4, -0.2) is 27.0 Å². The zero-order valence-corrected chi connectivity index (χ0v) is 12.2. The molecule has 1 fully saturated rings. The number of nitrogens with zero attached hydrogens (tertiary/aromatic N) is 3. The first kappa shape index (κ1) is 13.4. The summed E-state index contributed by atoms with van der Waals surface area (Å²) in [6.07, 6.45) is 11.0. The Bertz CT molecular complexity index is 532. The van der Waals surface area contributed by atoms with Crippen molar-refractivity contribution in [3.05, 3.63) is 54.1 Å². The van der Waals surface area contributed by atoms with Gasteiger partial charge in [0.25, 0.3) is 0 Å². The molecule has 1 aliphatic rings. The second-order valence-electron chi connectivity index (χ2n) is 5.77. The molecule has 0 bridgehead atoms. The average Bonchev–Trinajstić information content (AvgIpc) is 3.08. The van der Waals surface area contributed by atoms with Crippen LogP contribution in [0.25, 0.3) is 0 Å². The van der Waals surface area contributed by atoms with Crippen LogP contribution < -0.4 is 0 Å². The van der Waals surface area contributed by atoms with Crippen LogP contribution in [0.4, 0.5) is 0 Å². The fourth-order valence-corrected chi connectivity index (χ4v) is 3.18. The third-order valence-corrected chi connectivity index (χ3v) is 4.43. The van der Waals surface area contributed by atoms with Gasteiger partial charge in [-0.2, -0.15) is 0 Å². The summed E-state index contributed by atoms with van der Waals surface area (Å²) in [7, 11) is 2.14. The number of pyridine rings is 1. The van der Waals surface area contributed by atoms with Gasteiger partial charge in [0.2, 0.25) is 0 Å². The molecule has 106 valence electrons. The average molecular weight is 269 g/mol. The maximum atomic E-state index is 4.09. The Labute approximate surface area is 121 Å². The third-order valence-electron chi connectivity index (χ3n) is 4.43. The van der Waals surface area contributed by atoms with Crippen LogP contribution in [-0.2, 0) is 20.0 Å². The van der Waals surface area contributed by atoms with E-state index in [1.165, 1.54) is 37.1 Å². The number of aromatic nitrogens is 2. The highest BCUT2D eigenvalue weighted by Gasteiger charge is 2.24. The lowest BCUT2D eigenvalue weighted by Gasteiger charge is -2.24. The first-order valence-corrected chi connectivity index (χ1v) is 7.56. The second kappa shape index (κ2) is 6.23. The molecule has 3 nitrogen and oxygen atoms in total. The molecule has 0 unspecified atom stereocenters. The summed E-state index contributed by atoms with van der Waals surface area (Å²) in [5.41, 5.74) is 2.83. The summed E-state index contributed by atoms with van der Waals surface area (Å²) >= 11 is 0. The molecule has 2 aromatic heterocycles. The van der Waals surface area contributed by atoms with Gasteiger partial charge in [-0.3, -0.25) is 9.88 Å². The smallest absolute Gasteiger partial charge is 0.0389 e. The molecule has 0 saturated carbocycles. The highest BCUT2D eigenvalue weighted by atomic mass is 15.2. The van der Waals surface area contributed by atoms with Crippen LogP contribution in [0.5, 0.6) is 0 Å². The van der Waals surface area contributed by atoms with E-state index in [0.29, 0.717) is 0 Å². The third kappa shape index (κ3) is 3.10. The van der Waals surface area contributed by atoms with Crippen molar-refractivity contribution in [3.63, 3.8) is 0 Å². The van der Waals surface area contributed by atoms with Crippen LogP contribution >= 0.6 is 0 Å². The van der Waals surface area contributed by atoms with Crippen LogP contribution in [0.3, 0.4) is 0 Å². The zero-order valence-electron chi connectivity index (χ0n) is 12.2. The van der Waals surface area contributed by atoms with Gasteiger partial charge in [0, 0.05) is 43.9 Å². The summed E-state index contributed by atoms with van der Waals surface area (Å²) in [5, 5.41) is 0. The van der Waals surface area contributed by atoms with Gasteiger partial charge in [0.05, 0.1) is 0 Å². The topological polar surface area (TPSA) is 21.1 Å². The lowest BCUT2D eigenvalue weighted by atomic mass is 10.0. The van der Waals surface area contributed by atoms with Gasteiger partial charge in [-0.25, -0.2) is 0 Å². The van der Waals surface area contributed by atoms with Crippen LogP contribution in [0.2, 0.25) is 0 Å². The Morgan fingerprint density at radius 1 is 1.25 bits per heavy atom. The normalized spacial score (nSPS) is 19.6. The van der Waals surface area contributed by atoms with Crippen LogP contribution in [0.15, 0.2) is 42.9 Å². The molecule has 0 aromatic carbocycles. The zero-order chi connectivity index (χ0) is 13.8. The Morgan fingerprint density at radius 2 is 2.10 bits per heavy atom. The molecule has 1 saturated heterocycles. The summed E-state index contributed by atoms with van der Waals surface area (Å²) in [6.45, 7) is 2.33. The molecule has 3 heteroatoms. The maximum Gasteiger partial charge on any atom is 0.0389 e. The van der Waals surface area contributed by atoms with Crippen molar-refractivity contribution in [2.75, 3.05) is 6.54 Å². The van der Waals surface area contributed by atoms with Gasteiger partial charge >= 0.3 is 0 Å². The molecule has 0 amide bonds. The predicted molar refractivity (Wildman–Crippen MR) is 81.4 cm³/mol. The molecular formula is C17H23N3. The Morgan fingerprint density at radius 3 is 2.85 bits per heavy atom. The standard InChI is InChI=1S/C17H23N3/c1-19-12-2-5-17(19)14-20-13-3-4-16(20)7-6-15-8-10-18-11-9-15/h2,5,8-12,16H,3-4,6-7,13-14H2,1H3/t16-/m0/s1. The second-order valence-corrected chi connectivity index (χ2v) is 5.77. The highest BCUT2D eigenvalue weighted by molar-refractivity contribution is 5.10. The van der Waals surface area contributed by atoms with Crippen molar-refractivity contribution >= 4 is 0 Å². The first-order chi connectivity index (χ1) is 9.83. The molecule has 1 aliphatic heterocycles. The molecular weight excluding hydrogens is 246 g/mol. The molecule has 20 heavy (non-hydrogen) atoms. The Hall–Kier alpha value is -1.61. The predicted octanol–water partition coefficient (Wildman–Crippen LogP) is 3.02. The van der Waals surface area contributed by atoms with E-state index in [1.807, 2.05) is 12.4 Å². The van der Waals surface area contributed by atoms with E-state index in [1.54, 1.807) is 0 Å². The van der Waals surface area contributed by atoms with Gasteiger partial charge in [-0.15, -0.1) is 0 Å². The van der Waals surface area contributed by atoms with E-state index in [9.17, 15) is 0 Å². The molecule has 0 aliphatic carbocycles. The number of aryl methyl sites for hydroxylation is 2. The lowest BCUT2D eigenvalue weighted by Crippen LogP contribution is -2.30. The fraction of sp³-hybridized carbons (Fsp3) is 0.471. The molecule has 0 N–H and O–H groups in total. The van der Waals surface area contributed by atoms with Crippen LogP contribution in [0.1, 0.15) is 30.5 Å². The minimum atomic E-state index is 0.734.